The van der Waals surface area contributed by atoms with Crippen molar-refractivity contribution in [2.24, 2.45) is 17.8 Å². The van der Waals surface area contributed by atoms with Crippen LogP contribution >= 0.6 is 11.8 Å². The highest BCUT2D eigenvalue weighted by Crippen LogP contribution is 2.69. The number of benzene rings is 1. The maximum Gasteiger partial charge on any atom is 0.310 e. The van der Waals surface area contributed by atoms with Gasteiger partial charge in [0.2, 0.25) is 11.8 Å². The van der Waals surface area contributed by atoms with E-state index in [9.17, 15) is 19.5 Å². The van der Waals surface area contributed by atoms with Gasteiger partial charge in [0.1, 0.15) is 6.04 Å². The van der Waals surface area contributed by atoms with E-state index in [1.165, 1.54) is 0 Å². The summed E-state index contributed by atoms with van der Waals surface area (Å²) in [6, 6.07) is 8.33. The predicted octanol–water partition coefficient (Wildman–Crippen LogP) is 2.40. The molecule has 34 heavy (non-hydrogen) atoms. The van der Waals surface area contributed by atoms with Crippen molar-refractivity contribution in [1.82, 2.24) is 10.2 Å². The minimum atomic E-state index is -0.769. The molecule has 3 fully saturated rings. The Morgan fingerprint density at radius 1 is 1.29 bits per heavy atom. The topological polar surface area (TPSA) is 95.9 Å². The molecule has 186 valence electrons. The molecule has 8 heteroatoms. The Morgan fingerprint density at radius 2 is 1.97 bits per heavy atom. The van der Waals surface area contributed by atoms with Gasteiger partial charge in [0.15, 0.2) is 0 Å². The van der Waals surface area contributed by atoms with Crippen LogP contribution in [0, 0.1) is 17.8 Å². The first-order chi connectivity index (χ1) is 16.0. The van der Waals surface area contributed by atoms with Gasteiger partial charge in [-0.1, -0.05) is 37.3 Å². The lowest BCUT2D eigenvalue weighted by molar-refractivity contribution is -0.154. The fourth-order valence-corrected chi connectivity index (χ4v) is 8.63. The zero-order valence-electron chi connectivity index (χ0n) is 20.6. The van der Waals surface area contributed by atoms with Gasteiger partial charge in [-0.05, 0) is 52.0 Å². The van der Waals surface area contributed by atoms with Crippen molar-refractivity contribution in [3.8, 4) is 0 Å². The van der Waals surface area contributed by atoms with Crippen LogP contribution < -0.4 is 5.32 Å². The summed E-state index contributed by atoms with van der Waals surface area (Å²) >= 11 is 1.62. The van der Waals surface area contributed by atoms with Crippen molar-refractivity contribution in [3.63, 3.8) is 0 Å². The number of nitrogens with zero attached hydrogens (tertiary/aromatic N) is 1. The van der Waals surface area contributed by atoms with Crippen LogP contribution in [-0.4, -0.2) is 68.6 Å². The monoisotopic (exact) mass is 488 g/mol. The molecule has 3 aliphatic heterocycles. The number of carbonyl (C=O) groups excluding carboxylic acids is 3. The number of likely N-dealkylation sites (tertiary alicyclic amines) is 1. The quantitative estimate of drug-likeness (QED) is 0.573. The lowest BCUT2D eigenvalue weighted by Gasteiger charge is -2.41. The van der Waals surface area contributed by atoms with Gasteiger partial charge in [-0.3, -0.25) is 14.4 Å². The van der Waals surface area contributed by atoms with E-state index in [0.717, 1.165) is 12.0 Å². The number of nitrogens with one attached hydrogen (secondary N) is 1. The number of rotatable bonds is 7. The Labute approximate surface area is 206 Å². The normalized spacial score (nSPS) is 33.1. The fourth-order valence-electron chi connectivity index (χ4n) is 6.23. The molecule has 2 amide bonds. The molecule has 0 aromatic heterocycles. The van der Waals surface area contributed by atoms with E-state index in [1.54, 1.807) is 23.6 Å². The third-order valence-electron chi connectivity index (χ3n) is 7.41. The smallest absolute Gasteiger partial charge is 0.310 e. The second-order valence-corrected chi connectivity index (χ2v) is 12.4. The van der Waals surface area contributed by atoms with Crippen molar-refractivity contribution in [2.75, 3.05) is 13.2 Å². The van der Waals surface area contributed by atoms with E-state index >= 15 is 0 Å². The molecule has 1 spiro atoms. The van der Waals surface area contributed by atoms with E-state index in [-0.39, 0.29) is 42.2 Å². The van der Waals surface area contributed by atoms with Gasteiger partial charge >= 0.3 is 5.97 Å². The van der Waals surface area contributed by atoms with Gasteiger partial charge in [0.25, 0.3) is 0 Å². The highest BCUT2D eigenvalue weighted by atomic mass is 32.2. The highest BCUT2D eigenvalue weighted by Gasteiger charge is 2.76. The molecule has 1 aromatic rings. The van der Waals surface area contributed by atoms with Gasteiger partial charge in [0.05, 0.1) is 35.8 Å². The number of thioether (sulfide) groups is 1. The number of hydrogen-bond donors (Lipinski definition) is 2. The Hall–Kier alpha value is -2.06. The zero-order chi connectivity index (χ0) is 24.8. The Balaban J connectivity index is 1.79. The third-order valence-corrected chi connectivity index (χ3v) is 9.48. The Kier molecular flexibility index (Phi) is 6.77. The van der Waals surface area contributed by atoms with E-state index in [1.807, 2.05) is 51.1 Å². The van der Waals surface area contributed by atoms with Crippen LogP contribution in [0.1, 0.15) is 46.6 Å². The number of aliphatic hydroxyl groups is 1. The minimum Gasteiger partial charge on any atom is -0.466 e. The summed E-state index contributed by atoms with van der Waals surface area (Å²) in [5, 5.41) is 13.5. The molecule has 2 N–H and O–H groups in total. The average molecular weight is 489 g/mol. The lowest BCUT2D eigenvalue weighted by atomic mass is 9.66. The summed E-state index contributed by atoms with van der Waals surface area (Å²) in [6.07, 6.45) is 1.19. The highest BCUT2D eigenvalue weighted by molar-refractivity contribution is 8.02. The van der Waals surface area contributed by atoms with Crippen LogP contribution in [0.25, 0.3) is 0 Å². The molecule has 7 atom stereocenters. The van der Waals surface area contributed by atoms with E-state index in [0.29, 0.717) is 6.42 Å². The molecule has 2 bridgehead atoms. The number of aliphatic hydroxyl groups excluding tert-OH is 1. The number of carbonyl (C=O) groups is 3. The summed E-state index contributed by atoms with van der Waals surface area (Å²) in [4.78, 5) is 42.6. The van der Waals surface area contributed by atoms with Crippen LogP contribution in [0.5, 0.6) is 0 Å². The van der Waals surface area contributed by atoms with Gasteiger partial charge < -0.3 is 20.1 Å². The van der Waals surface area contributed by atoms with E-state index in [4.69, 9.17) is 4.74 Å². The molecule has 3 heterocycles. The second kappa shape index (κ2) is 9.19. The molecule has 7 nitrogen and oxygen atoms in total. The Morgan fingerprint density at radius 3 is 2.56 bits per heavy atom. The van der Waals surface area contributed by atoms with Crippen molar-refractivity contribution < 1.29 is 24.2 Å². The molecule has 3 unspecified atom stereocenters. The minimum absolute atomic E-state index is 0.0446. The average Bonchev–Trinajstić information content (AvgIpc) is 3.35. The van der Waals surface area contributed by atoms with Crippen molar-refractivity contribution in [1.29, 1.82) is 0 Å². The third kappa shape index (κ3) is 4.02. The van der Waals surface area contributed by atoms with Crippen LogP contribution in [-0.2, 0) is 25.5 Å². The number of amides is 2. The maximum absolute atomic E-state index is 14.1. The maximum atomic E-state index is 14.1. The van der Waals surface area contributed by atoms with Gasteiger partial charge in [-0.25, -0.2) is 0 Å². The summed E-state index contributed by atoms with van der Waals surface area (Å²) in [6.45, 7) is 9.58. The molecule has 3 saturated heterocycles. The molecule has 0 radical (unpaired) electrons. The molecule has 1 aromatic carbocycles. The van der Waals surface area contributed by atoms with Crippen molar-refractivity contribution in [2.45, 2.75) is 75.1 Å². The molecular weight excluding hydrogens is 452 g/mol. The van der Waals surface area contributed by atoms with Gasteiger partial charge in [-0.15, -0.1) is 11.8 Å². The standard InChI is InChI=1S/C26H36N2O5S/c1-6-33-24(32)19-18-12-15(2)26(34-18)20(19)23(31)28(21(26)22(30)27-25(3,4)5)17(14-29)13-16-10-8-7-9-11-16/h7-11,15,17-21,29H,6,12-14H2,1-5H3,(H,27,30)/t15?,17-,18+,19-,20+,21?,26?/m1/s1. The molecule has 3 aliphatic rings. The van der Waals surface area contributed by atoms with Crippen LogP contribution in [0.3, 0.4) is 0 Å². The summed E-state index contributed by atoms with van der Waals surface area (Å²) < 4.78 is 4.66. The number of fused-ring (bicyclic) bond motifs is 1. The summed E-state index contributed by atoms with van der Waals surface area (Å²) in [5.41, 5.74) is 0.491. The number of esters is 1. The number of ether oxygens (including phenoxy) is 1. The molecule has 4 rings (SSSR count). The molecular formula is C26H36N2O5S. The molecule has 0 saturated carbocycles. The zero-order valence-corrected chi connectivity index (χ0v) is 21.4. The summed E-state index contributed by atoms with van der Waals surface area (Å²) in [5.74, 6) is -1.93. The predicted molar refractivity (Wildman–Crippen MR) is 131 cm³/mol. The second-order valence-electron chi connectivity index (χ2n) is 10.8. The van der Waals surface area contributed by atoms with Crippen LogP contribution in [0.2, 0.25) is 0 Å². The largest absolute Gasteiger partial charge is 0.466 e. The lowest BCUT2D eigenvalue weighted by Crippen LogP contribution is -2.61. The van der Waals surface area contributed by atoms with E-state index in [2.05, 4.69) is 12.2 Å². The van der Waals surface area contributed by atoms with Crippen molar-refractivity contribution in [3.05, 3.63) is 35.9 Å². The fraction of sp³-hybridized carbons (Fsp3) is 0.654. The first kappa shape index (κ1) is 25.0. The Bertz CT molecular complexity index is 948. The van der Waals surface area contributed by atoms with Crippen LogP contribution in [0.4, 0.5) is 0 Å². The first-order valence-corrected chi connectivity index (χ1v) is 13.1. The van der Waals surface area contributed by atoms with Gasteiger partial charge in [-0.2, -0.15) is 0 Å². The van der Waals surface area contributed by atoms with Gasteiger partial charge in [0, 0.05) is 10.8 Å². The SMILES string of the molecule is CCOC(=O)[C@@H]1[C@@H]2CC(C)C3(S2)C(C(=O)NC(C)(C)C)N([C@@H](CO)Cc2ccccc2)C(=O)[C@H]13. The van der Waals surface area contributed by atoms with Crippen molar-refractivity contribution >= 4 is 29.5 Å². The molecule has 0 aliphatic carbocycles. The first-order valence-electron chi connectivity index (χ1n) is 12.2. The number of hydrogen-bond acceptors (Lipinski definition) is 6. The van der Waals surface area contributed by atoms with E-state index < -0.39 is 34.2 Å². The summed E-state index contributed by atoms with van der Waals surface area (Å²) in [7, 11) is 0. The van der Waals surface area contributed by atoms with Crippen LogP contribution in [0.15, 0.2) is 30.3 Å².